The fourth-order valence-corrected chi connectivity index (χ4v) is 3.58. The number of hydrogen-bond acceptors (Lipinski definition) is 5. The van der Waals surface area contributed by atoms with Crippen molar-refractivity contribution in [1.29, 1.82) is 0 Å². The molecule has 2 aromatic heterocycles. The van der Waals surface area contributed by atoms with Crippen molar-refractivity contribution >= 4 is 17.2 Å². The molecule has 1 amide bonds. The summed E-state index contributed by atoms with van der Waals surface area (Å²) in [7, 11) is 0. The number of nitrogens with zero attached hydrogens (tertiary/aromatic N) is 4. The molecule has 7 heteroatoms. The van der Waals surface area contributed by atoms with Crippen LogP contribution >= 0.6 is 11.3 Å². The molecule has 1 fully saturated rings. The first-order chi connectivity index (χ1) is 10.8. The molecule has 3 heterocycles. The molecule has 0 saturated carbocycles. The van der Waals surface area contributed by atoms with Crippen molar-refractivity contribution in [2.75, 3.05) is 19.6 Å². The highest BCUT2D eigenvalue weighted by Gasteiger charge is 2.26. The van der Waals surface area contributed by atoms with Gasteiger partial charge in [0.2, 0.25) is 5.91 Å². The van der Waals surface area contributed by atoms with Crippen molar-refractivity contribution in [3.05, 3.63) is 35.0 Å². The fourth-order valence-electron chi connectivity index (χ4n) is 2.87. The maximum absolute atomic E-state index is 12.1. The minimum Gasteiger partial charge on any atom is -0.355 e. The van der Waals surface area contributed by atoms with Gasteiger partial charge in [0.15, 0.2) is 0 Å². The predicted molar refractivity (Wildman–Crippen MR) is 85.6 cm³/mol. The van der Waals surface area contributed by atoms with Gasteiger partial charge in [-0.05, 0) is 48.2 Å². The van der Waals surface area contributed by atoms with Crippen molar-refractivity contribution in [3.8, 4) is 0 Å². The summed E-state index contributed by atoms with van der Waals surface area (Å²) in [6.45, 7) is 2.97. The molecule has 1 N–H and O–H groups in total. The molecule has 0 spiro atoms. The molecule has 1 saturated heterocycles. The van der Waals surface area contributed by atoms with Crippen LogP contribution in [0.4, 0.5) is 0 Å². The highest BCUT2D eigenvalue weighted by Crippen LogP contribution is 2.17. The third-order valence-electron chi connectivity index (χ3n) is 4.03. The van der Waals surface area contributed by atoms with Crippen LogP contribution in [-0.4, -0.2) is 51.2 Å². The molecule has 0 radical (unpaired) electrons. The van der Waals surface area contributed by atoms with Gasteiger partial charge in [0.05, 0.1) is 13.1 Å². The number of carbonyl (C=O) groups is 1. The Kier molecular flexibility index (Phi) is 5.18. The quantitative estimate of drug-likeness (QED) is 0.832. The van der Waals surface area contributed by atoms with Crippen molar-refractivity contribution in [2.24, 2.45) is 0 Å². The van der Waals surface area contributed by atoms with Crippen LogP contribution < -0.4 is 5.32 Å². The zero-order valence-corrected chi connectivity index (χ0v) is 13.3. The van der Waals surface area contributed by atoms with Crippen LogP contribution in [0, 0.1) is 0 Å². The third-order valence-corrected chi connectivity index (χ3v) is 4.76. The summed E-state index contributed by atoms with van der Waals surface area (Å²) in [6.07, 6.45) is 6.44. The van der Waals surface area contributed by atoms with Crippen molar-refractivity contribution in [3.63, 3.8) is 0 Å². The number of rotatable bonds is 7. The Morgan fingerprint density at radius 1 is 1.50 bits per heavy atom. The lowest BCUT2D eigenvalue weighted by Gasteiger charge is -2.23. The Bertz CT molecular complexity index is 569. The van der Waals surface area contributed by atoms with E-state index < -0.39 is 0 Å². The van der Waals surface area contributed by atoms with Gasteiger partial charge in [-0.25, -0.2) is 4.98 Å². The number of amides is 1. The summed E-state index contributed by atoms with van der Waals surface area (Å²) in [4.78, 5) is 18.3. The fraction of sp³-hybridized carbons (Fsp3) is 0.533. The first kappa shape index (κ1) is 15.2. The van der Waals surface area contributed by atoms with Crippen LogP contribution in [0.25, 0.3) is 0 Å². The maximum Gasteiger partial charge on any atom is 0.234 e. The Morgan fingerprint density at radius 3 is 3.23 bits per heavy atom. The van der Waals surface area contributed by atoms with E-state index in [1.165, 1.54) is 5.56 Å². The van der Waals surface area contributed by atoms with Gasteiger partial charge in [-0.2, -0.15) is 16.4 Å². The SMILES string of the molecule is O=C(CN1CCC[C@@H]1Cn1cncn1)NCCc1ccsc1. The van der Waals surface area contributed by atoms with Gasteiger partial charge >= 0.3 is 0 Å². The minimum atomic E-state index is 0.112. The minimum absolute atomic E-state index is 0.112. The van der Waals surface area contributed by atoms with E-state index in [-0.39, 0.29) is 5.91 Å². The van der Waals surface area contributed by atoms with Crippen LogP contribution in [0.3, 0.4) is 0 Å². The van der Waals surface area contributed by atoms with E-state index in [0.29, 0.717) is 19.1 Å². The summed E-state index contributed by atoms with van der Waals surface area (Å²) < 4.78 is 1.84. The number of thiophene rings is 1. The van der Waals surface area contributed by atoms with E-state index in [2.05, 4.69) is 37.1 Å². The van der Waals surface area contributed by atoms with E-state index >= 15 is 0 Å². The molecule has 3 rings (SSSR count). The molecule has 1 atom stereocenters. The second kappa shape index (κ2) is 7.51. The molecule has 0 unspecified atom stereocenters. The number of carbonyl (C=O) groups excluding carboxylic acids is 1. The van der Waals surface area contributed by atoms with Gasteiger partial charge in [0.1, 0.15) is 12.7 Å². The van der Waals surface area contributed by atoms with Crippen molar-refractivity contribution in [2.45, 2.75) is 31.8 Å². The molecule has 118 valence electrons. The third kappa shape index (κ3) is 4.14. The van der Waals surface area contributed by atoms with Gasteiger partial charge < -0.3 is 5.32 Å². The first-order valence-electron chi connectivity index (χ1n) is 7.65. The lowest BCUT2D eigenvalue weighted by atomic mass is 10.2. The van der Waals surface area contributed by atoms with Gasteiger partial charge in [-0.15, -0.1) is 0 Å². The molecule has 1 aliphatic heterocycles. The monoisotopic (exact) mass is 319 g/mol. The van der Waals surface area contributed by atoms with Crippen molar-refractivity contribution in [1.82, 2.24) is 25.0 Å². The predicted octanol–water partition coefficient (Wildman–Crippen LogP) is 1.16. The van der Waals surface area contributed by atoms with Crippen molar-refractivity contribution < 1.29 is 4.79 Å². The summed E-state index contributed by atoms with van der Waals surface area (Å²) >= 11 is 1.69. The van der Waals surface area contributed by atoms with Gasteiger partial charge in [-0.1, -0.05) is 0 Å². The number of nitrogens with one attached hydrogen (secondary N) is 1. The Hall–Kier alpha value is -1.73. The maximum atomic E-state index is 12.1. The van der Waals surface area contributed by atoms with Crippen LogP contribution in [0.15, 0.2) is 29.5 Å². The molecular formula is C15H21N5OS. The Labute approximate surface area is 134 Å². The van der Waals surface area contributed by atoms with Gasteiger partial charge in [-0.3, -0.25) is 14.4 Å². The smallest absolute Gasteiger partial charge is 0.234 e. The molecule has 0 bridgehead atoms. The van der Waals surface area contributed by atoms with Gasteiger partial charge in [0, 0.05) is 12.6 Å². The van der Waals surface area contributed by atoms with E-state index in [4.69, 9.17) is 0 Å². The number of likely N-dealkylation sites (tertiary alicyclic amines) is 1. The van der Waals surface area contributed by atoms with E-state index in [1.54, 1.807) is 24.0 Å². The molecule has 2 aromatic rings. The largest absolute Gasteiger partial charge is 0.355 e. The average molecular weight is 319 g/mol. The Morgan fingerprint density at radius 2 is 2.45 bits per heavy atom. The van der Waals surface area contributed by atoms with Crippen LogP contribution in [0.1, 0.15) is 18.4 Å². The zero-order valence-electron chi connectivity index (χ0n) is 12.5. The second-order valence-corrected chi connectivity index (χ2v) is 6.40. The molecule has 1 aliphatic rings. The Balaban J connectivity index is 1.41. The zero-order chi connectivity index (χ0) is 15.2. The van der Waals surface area contributed by atoms with E-state index in [9.17, 15) is 4.79 Å². The average Bonchev–Trinajstić information content (AvgIpc) is 3.23. The molecule has 0 aromatic carbocycles. The number of aromatic nitrogens is 3. The standard InChI is InChI=1S/C15H21N5OS/c21-15(17-5-3-13-4-7-22-10-13)9-19-6-1-2-14(19)8-20-12-16-11-18-20/h4,7,10-12,14H,1-3,5-6,8-9H2,(H,17,21)/t14-/m1/s1. The molecule has 0 aliphatic carbocycles. The van der Waals surface area contributed by atoms with Crippen LogP contribution in [0.5, 0.6) is 0 Å². The first-order valence-corrected chi connectivity index (χ1v) is 8.60. The van der Waals surface area contributed by atoms with Crippen LogP contribution in [0.2, 0.25) is 0 Å². The normalized spacial score (nSPS) is 18.6. The number of hydrogen-bond donors (Lipinski definition) is 1. The topological polar surface area (TPSA) is 63.1 Å². The summed E-state index contributed by atoms with van der Waals surface area (Å²) in [5.74, 6) is 0.112. The highest BCUT2D eigenvalue weighted by molar-refractivity contribution is 7.07. The molecule has 22 heavy (non-hydrogen) atoms. The summed E-state index contributed by atoms with van der Waals surface area (Å²) in [5, 5.41) is 11.4. The van der Waals surface area contributed by atoms with E-state index in [0.717, 1.165) is 32.4 Å². The van der Waals surface area contributed by atoms with Gasteiger partial charge in [0.25, 0.3) is 0 Å². The molecule has 6 nitrogen and oxygen atoms in total. The summed E-state index contributed by atoms with van der Waals surface area (Å²) in [6, 6.07) is 2.48. The second-order valence-electron chi connectivity index (χ2n) is 5.62. The molecular weight excluding hydrogens is 298 g/mol. The van der Waals surface area contributed by atoms with Crippen LogP contribution in [-0.2, 0) is 17.8 Å². The lowest BCUT2D eigenvalue weighted by Crippen LogP contribution is -2.41. The highest BCUT2D eigenvalue weighted by atomic mass is 32.1. The summed E-state index contributed by atoms with van der Waals surface area (Å²) in [5.41, 5.74) is 1.29. The van der Waals surface area contributed by atoms with E-state index in [1.807, 2.05) is 4.68 Å². The lowest BCUT2D eigenvalue weighted by molar-refractivity contribution is -0.122.